The number of amides is 3. The lowest BCUT2D eigenvalue weighted by Crippen LogP contribution is -2.32. The van der Waals surface area contributed by atoms with Crippen molar-refractivity contribution in [2.75, 3.05) is 39.6 Å². The minimum Gasteiger partial charge on any atom is -0.505 e. The van der Waals surface area contributed by atoms with Crippen molar-refractivity contribution in [2.45, 2.75) is 19.8 Å². The Bertz CT molecular complexity index is 2080. The molecule has 0 unspecified atom stereocenters. The van der Waals surface area contributed by atoms with Gasteiger partial charge in [0.1, 0.15) is 27.1 Å². The molecule has 0 radical (unpaired) electrons. The van der Waals surface area contributed by atoms with Crippen LogP contribution in [0.3, 0.4) is 0 Å². The van der Waals surface area contributed by atoms with E-state index in [2.05, 4.69) is 75.6 Å². The molecule has 3 aliphatic rings. The van der Waals surface area contributed by atoms with E-state index in [-0.39, 0.29) is 80.2 Å². The number of hydrogen-bond donors (Lipinski definition) is 2. The highest BCUT2D eigenvalue weighted by Gasteiger charge is 2.35. The summed E-state index contributed by atoms with van der Waals surface area (Å²) in [5.41, 5.74) is 1.09. The summed E-state index contributed by atoms with van der Waals surface area (Å²) in [6.07, 6.45) is -0.178. The van der Waals surface area contributed by atoms with Crippen molar-refractivity contribution in [3.8, 4) is 33.9 Å². The van der Waals surface area contributed by atoms with Gasteiger partial charge in [-0.25, -0.2) is 4.79 Å². The lowest BCUT2D eigenvalue weighted by atomic mass is 9.90. The summed E-state index contributed by atoms with van der Waals surface area (Å²) < 4.78 is 23.9. The topological polar surface area (TPSA) is 171 Å². The molecule has 5 rings (SSSR count). The highest BCUT2D eigenvalue weighted by molar-refractivity contribution is 9.11. The van der Waals surface area contributed by atoms with Crippen LogP contribution < -0.4 is 15.5 Å². The number of hydroxylamine groups is 2. The van der Waals surface area contributed by atoms with E-state index in [0.29, 0.717) is 57.1 Å². The maximum Gasteiger partial charge on any atom is 0.364 e. The van der Waals surface area contributed by atoms with Crippen molar-refractivity contribution >= 4 is 98.4 Å². The standard InChI is InChI=1S/C34H28Br4N2O11/c1-16(2)33(45)39-7-8-47-9-10-48-11-12-49-17-3-4-18(34(46)51-40-24(41)5-6-25(40)42)19(13-17)26-20-14-22(35)29(43)27(37)31(20)50-32-21(26)15-23(36)30(44)28(32)38/h3-4,13-15,43H,1,5-12H2,2H3,(H,39,45). The summed E-state index contributed by atoms with van der Waals surface area (Å²) in [4.78, 5) is 68.1. The van der Waals surface area contributed by atoms with Crippen LogP contribution in [0.1, 0.15) is 30.1 Å². The molecule has 1 saturated heterocycles. The summed E-state index contributed by atoms with van der Waals surface area (Å²) in [6, 6.07) is 7.64. The molecule has 17 heteroatoms. The van der Waals surface area contributed by atoms with Gasteiger partial charge in [0.05, 0.1) is 40.9 Å². The van der Waals surface area contributed by atoms with Gasteiger partial charge in [0.15, 0.2) is 11.3 Å². The number of carbonyl (C=O) groups is 4. The molecule has 2 aromatic rings. The first-order chi connectivity index (χ1) is 24.3. The molecule has 3 amide bonds. The average molecular weight is 960 g/mol. The summed E-state index contributed by atoms with van der Waals surface area (Å²) in [6.45, 7) is 6.71. The van der Waals surface area contributed by atoms with Crippen LogP contribution in [0.2, 0.25) is 0 Å². The van der Waals surface area contributed by atoms with Gasteiger partial charge in [-0.3, -0.25) is 19.2 Å². The zero-order valence-electron chi connectivity index (χ0n) is 26.7. The number of benzene rings is 3. The molecule has 0 bridgehead atoms. The lowest BCUT2D eigenvalue weighted by molar-refractivity contribution is -0.172. The number of fused-ring (bicyclic) bond motifs is 2. The zero-order chi connectivity index (χ0) is 37.0. The SMILES string of the molecule is C=C(C)C(=O)NCCOCCOCCOc1ccc(C(=O)ON2C(=O)CCC2=O)c(-c2c3cc(Br)c(=O)c(Br)c-3oc3c(Br)c(O)c(Br)cc23)c1. The van der Waals surface area contributed by atoms with Crippen LogP contribution in [0.4, 0.5) is 0 Å². The van der Waals surface area contributed by atoms with Gasteiger partial charge in [0, 0.05) is 47.0 Å². The minimum atomic E-state index is -1.000. The Morgan fingerprint density at radius 3 is 2.25 bits per heavy atom. The van der Waals surface area contributed by atoms with Crippen molar-refractivity contribution < 1.29 is 47.8 Å². The molecule has 2 aromatic carbocycles. The van der Waals surface area contributed by atoms with Gasteiger partial charge in [0.25, 0.3) is 11.8 Å². The summed E-state index contributed by atoms with van der Waals surface area (Å²) >= 11 is 13.4. The maximum absolute atomic E-state index is 13.7. The number of halogens is 4. The normalized spacial score (nSPS) is 12.9. The molecule has 2 heterocycles. The first-order valence-corrected chi connectivity index (χ1v) is 18.4. The van der Waals surface area contributed by atoms with Crippen LogP contribution in [0.25, 0.3) is 33.4 Å². The molecule has 1 fully saturated rings. The van der Waals surface area contributed by atoms with Crippen molar-refractivity contribution in [1.82, 2.24) is 10.4 Å². The molecule has 268 valence electrons. The fourth-order valence-electron chi connectivity index (χ4n) is 5.00. The predicted octanol–water partition coefficient (Wildman–Crippen LogP) is 6.65. The molecular formula is C34H28Br4N2O11. The smallest absolute Gasteiger partial charge is 0.364 e. The second-order valence-electron chi connectivity index (χ2n) is 11.0. The largest absolute Gasteiger partial charge is 0.505 e. The zero-order valence-corrected chi connectivity index (χ0v) is 33.1. The van der Waals surface area contributed by atoms with E-state index in [1.54, 1.807) is 19.1 Å². The van der Waals surface area contributed by atoms with Gasteiger partial charge < -0.3 is 33.9 Å². The average Bonchev–Trinajstić information content (AvgIpc) is 3.41. The number of aromatic hydroxyl groups is 1. The van der Waals surface area contributed by atoms with Crippen LogP contribution in [0.15, 0.2) is 69.6 Å². The Morgan fingerprint density at radius 2 is 1.57 bits per heavy atom. The van der Waals surface area contributed by atoms with Gasteiger partial charge in [-0.1, -0.05) is 6.58 Å². The lowest BCUT2D eigenvalue weighted by Gasteiger charge is -2.21. The van der Waals surface area contributed by atoms with Crippen LogP contribution in [0, 0.1) is 0 Å². The van der Waals surface area contributed by atoms with Crippen LogP contribution in [-0.4, -0.2) is 73.4 Å². The van der Waals surface area contributed by atoms with Crippen molar-refractivity contribution in [3.05, 3.63) is 76.2 Å². The number of nitrogens with zero attached hydrogens (tertiary/aromatic N) is 1. The van der Waals surface area contributed by atoms with E-state index in [1.807, 2.05) is 0 Å². The Hall–Kier alpha value is -3.61. The molecule has 0 aromatic heterocycles. The number of phenolic OH excluding ortho intramolecular Hbond substituents is 1. The van der Waals surface area contributed by atoms with Crippen molar-refractivity contribution in [1.29, 1.82) is 0 Å². The second kappa shape index (κ2) is 16.8. The Morgan fingerprint density at radius 1 is 0.902 bits per heavy atom. The Kier molecular flexibility index (Phi) is 12.7. The summed E-state index contributed by atoms with van der Waals surface area (Å²) in [5, 5.41) is 14.2. The number of phenols is 1. The van der Waals surface area contributed by atoms with Crippen molar-refractivity contribution in [2.24, 2.45) is 0 Å². The fourth-order valence-corrected chi connectivity index (χ4v) is 7.40. The van der Waals surface area contributed by atoms with Crippen LogP contribution in [-0.2, 0) is 28.7 Å². The van der Waals surface area contributed by atoms with Crippen LogP contribution in [0.5, 0.6) is 11.5 Å². The monoisotopic (exact) mass is 956 g/mol. The molecule has 13 nitrogen and oxygen atoms in total. The van der Waals surface area contributed by atoms with Crippen molar-refractivity contribution in [3.63, 3.8) is 0 Å². The van der Waals surface area contributed by atoms with E-state index in [0.717, 1.165) is 0 Å². The molecule has 0 saturated carbocycles. The molecule has 51 heavy (non-hydrogen) atoms. The third-order valence-corrected chi connectivity index (χ3v) is 10.1. The third-order valence-electron chi connectivity index (χ3n) is 7.47. The highest BCUT2D eigenvalue weighted by Crippen LogP contribution is 2.49. The number of carbonyl (C=O) groups excluding carboxylic acids is 4. The van der Waals surface area contributed by atoms with Crippen LogP contribution >= 0.6 is 63.7 Å². The predicted molar refractivity (Wildman–Crippen MR) is 198 cm³/mol. The maximum atomic E-state index is 13.7. The van der Waals surface area contributed by atoms with Gasteiger partial charge in [-0.2, -0.15) is 0 Å². The summed E-state index contributed by atoms with van der Waals surface area (Å²) in [5.74, 6) is -2.28. The quantitative estimate of drug-likeness (QED) is 0.0601. The Labute approximate surface area is 324 Å². The molecule has 2 N–H and O–H groups in total. The van der Waals surface area contributed by atoms with Gasteiger partial charge in [0.2, 0.25) is 11.3 Å². The van der Waals surface area contributed by atoms with E-state index < -0.39 is 23.2 Å². The molecule has 1 aliphatic carbocycles. The third kappa shape index (κ3) is 8.55. The summed E-state index contributed by atoms with van der Waals surface area (Å²) in [7, 11) is 0. The van der Waals surface area contributed by atoms with Gasteiger partial charge in [-0.15, -0.1) is 5.06 Å². The highest BCUT2D eigenvalue weighted by atomic mass is 79.9. The number of ether oxygens (including phenoxy) is 3. The van der Waals surface area contributed by atoms with Gasteiger partial charge in [-0.05, 0) is 101 Å². The van der Waals surface area contributed by atoms with E-state index >= 15 is 0 Å². The number of nitrogens with one attached hydrogen (secondary N) is 1. The number of hydrogen-bond acceptors (Lipinski definition) is 11. The first-order valence-electron chi connectivity index (χ1n) is 15.2. The van der Waals surface area contributed by atoms with E-state index in [9.17, 15) is 29.1 Å². The first kappa shape index (κ1) is 38.6. The molecule has 2 aliphatic heterocycles. The molecular weight excluding hydrogens is 932 g/mol. The molecule has 0 atom stereocenters. The molecule has 0 spiro atoms. The second-order valence-corrected chi connectivity index (χ2v) is 14.3. The Balaban J connectivity index is 1.47. The minimum absolute atomic E-state index is 0.0461. The van der Waals surface area contributed by atoms with E-state index in [4.69, 9.17) is 23.5 Å². The van der Waals surface area contributed by atoms with Gasteiger partial charge >= 0.3 is 5.97 Å². The van der Waals surface area contributed by atoms with E-state index in [1.165, 1.54) is 18.2 Å². The number of imide groups is 1. The number of rotatable bonds is 14. The fraction of sp³-hybridized carbons (Fsp3) is 0.265.